The molecule has 2 N–H and O–H groups in total. The quantitative estimate of drug-likeness (QED) is 0.371. The Morgan fingerprint density at radius 3 is 2.68 bits per heavy atom. The summed E-state index contributed by atoms with van der Waals surface area (Å²) in [5.74, 6) is 2.25. The summed E-state index contributed by atoms with van der Waals surface area (Å²) in [6, 6.07) is 5.59. The predicted molar refractivity (Wildman–Crippen MR) is 119 cm³/mol. The van der Waals surface area contributed by atoms with Crippen molar-refractivity contribution in [2.75, 3.05) is 18.6 Å². The predicted octanol–water partition coefficient (Wildman–Crippen LogP) is 5.83. The van der Waals surface area contributed by atoms with E-state index in [1.165, 1.54) is 0 Å². The molecular formula is C20H24Cl2N4OS. The maximum absolute atomic E-state index is 6.27. The summed E-state index contributed by atoms with van der Waals surface area (Å²) in [6.45, 7) is 6.83. The van der Waals surface area contributed by atoms with Crippen LogP contribution in [0.1, 0.15) is 36.5 Å². The lowest BCUT2D eigenvalue weighted by molar-refractivity contribution is 0.109. The molecule has 1 unspecified atom stereocenters. The van der Waals surface area contributed by atoms with Gasteiger partial charge in [0.05, 0.1) is 10.5 Å². The number of hydrogen-bond acceptors (Lipinski definition) is 5. The third-order valence-corrected chi connectivity index (χ3v) is 6.64. The van der Waals surface area contributed by atoms with Gasteiger partial charge in [-0.05, 0) is 56.7 Å². The second kappa shape index (κ2) is 8.91. The van der Waals surface area contributed by atoms with Crippen molar-refractivity contribution in [1.29, 1.82) is 0 Å². The molecule has 0 aliphatic carbocycles. The van der Waals surface area contributed by atoms with Crippen LogP contribution in [0.4, 0.5) is 5.82 Å². The number of aryl methyl sites for hydroxylation is 3. The Bertz CT molecular complexity index is 1010. The van der Waals surface area contributed by atoms with Crippen molar-refractivity contribution >= 4 is 51.8 Å². The van der Waals surface area contributed by atoms with Crippen LogP contribution in [0, 0.1) is 13.8 Å². The highest BCUT2D eigenvalue weighted by molar-refractivity contribution is 7.99. The van der Waals surface area contributed by atoms with Gasteiger partial charge < -0.3 is 15.0 Å². The lowest BCUT2D eigenvalue weighted by Crippen LogP contribution is -2.10. The third-order valence-electron chi connectivity index (χ3n) is 4.82. The lowest BCUT2D eigenvalue weighted by atomic mass is 10.2. The van der Waals surface area contributed by atoms with Crippen molar-refractivity contribution in [2.24, 2.45) is 0 Å². The fourth-order valence-corrected chi connectivity index (χ4v) is 4.58. The van der Waals surface area contributed by atoms with Crippen LogP contribution in [-0.2, 0) is 11.3 Å². The maximum Gasteiger partial charge on any atom is 0.151 e. The normalized spacial score (nSPS) is 12.6. The van der Waals surface area contributed by atoms with Crippen LogP contribution in [-0.4, -0.2) is 27.4 Å². The highest BCUT2D eigenvalue weighted by Gasteiger charge is 2.20. The number of pyridine rings is 1. The minimum Gasteiger partial charge on any atom is -0.382 e. The maximum atomic E-state index is 6.27. The molecule has 0 aliphatic heterocycles. The number of ether oxygens (including phenoxy) is 1. The number of nitrogen functional groups attached to an aromatic ring is 1. The van der Waals surface area contributed by atoms with Crippen molar-refractivity contribution in [3.8, 4) is 0 Å². The van der Waals surface area contributed by atoms with Crippen LogP contribution in [0.5, 0.6) is 0 Å². The zero-order valence-electron chi connectivity index (χ0n) is 16.4. The van der Waals surface area contributed by atoms with Crippen LogP contribution in [0.2, 0.25) is 10.0 Å². The molecule has 28 heavy (non-hydrogen) atoms. The molecule has 0 radical (unpaired) electrons. The fraction of sp³-hybridized carbons (Fsp3) is 0.400. The number of nitrogens with zero attached hydrogens (tertiary/aromatic N) is 3. The second-order valence-corrected chi connectivity index (χ2v) is 8.66. The molecule has 1 aromatic carbocycles. The van der Waals surface area contributed by atoms with E-state index in [1.807, 2.05) is 26.0 Å². The van der Waals surface area contributed by atoms with Crippen molar-refractivity contribution in [1.82, 2.24) is 14.5 Å². The number of nitrogens with two attached hydrogens (primary N) is 1. The van der Waals surface area contributed by atoms with Crippen LogP contribution in [0.3, 0.4) is 0 Å². The van der Waals surface area contributed by atoms with E-state index in [-0.39, 0.29) is 6.10 Å². The number of benzene rings is 1. The molecule has 0 saturated carbocycles. The molecule has 3 aromatic rings. The van der Waals surface area contributed by atoms with E-state index in [4.69, 9.17) is 38.7 Å². The molecule has 0 saturated heterocycles. The number of rotatable bonds is 7. The molecule has 0 amide bonds. The SMILES string of the molecule is COC(C)c1nc2c(N)nc(C)c(C)c2n1CCCSc1ccc(Cl)cc1Cl. The van der Waals surface area contributed by atoms with Gasteiger partial charge in [-0.15, -0.1) is 11.8 Å². The van der Waals surface area contributed by atoms with E-state index >= 15 is 0 Å². The summed E-state index contributed by atoms with van der Waals surface area (Å²) in [5, 5.41) is 1.33. The van der Waals surface area contributed by atoms with Crippen molar-refractivity contribution < 1.29 is 4.74 Å². The number of thioether (sulfide) groups is 1. The number of imidazole rings is 1. The minimum atomic E-state index is -0.134. The molecule has 5 nitrogen and oxygen atoms in total. The first-order valence-electron chi connectivity index (χ1n) is 9.07. The zero-order valence-corrected chi connectivity index (χ0v) is 18.8. The van der Waals surface area contributed by atoms with Crippen LogP contribution in [0.25, 0.3) is 11.0 Å². The molecule has 0 fully saturated rings. The topological polar surface area (TPSA) is 66.0 Å². The second-order valence-electron chi connectivity index (χ2n) is 6.68. The van der Waals surface area contributed by atoms with E-state index in [2.05, 4.69) is 16.5 Å². The summed E-state index contributed by atoms with van der Waals surface area (Å²) in [7, 11) is 1.69. The van der Waals surface area contributed by atoms with Gasteiger partial charge in [0.25, 0.3) is 0 Å². The molecule has 150 valence electrons. The van der Waals surface area contributed by atoms with Gasteiger partial charge in [-0.25, -0.2) is 9.97 Å². The number of halogens is 2. The molecule has 8 heteroatoms. The Morgan fingerprint density at radius 2 is 2.00 bits per heavy atom. The first-order chi connectivity index (χ1) is 13.3. The number of fused-ring (bicyclic) bond motifs is 1. The van der Waals surface area contributed by atoms with Crippen molar-refractivity contribution in [3.05, 3.63) is 45.3 Å². The summed E-state index contributed by atoms with van der Waals surface area (Å²) >= 11 is 14.0. The van der Waals surface area contributed by atoms with Crippen molar-refractivity contribution in [3.63, 3.8) is 0 Å². The summed E-state index contributed by atoms with van der Waals surface area (Å²) in [4.78, 5) is 10.2. The van der Waals surface area contributed by atoms with Gasteiger partial charge in [-0.2, -0.15) is 0 Å². The van der Waals surface area contributed by atoms with Crippen LogP contribution in [0.15, 0.2) is 23.1 Å². The third kappa shape index (κ3) is 4.25. The van der Waals surface area contributed by atoms with Gasteiger partial charge in [-0.3, -0.25) is 0 Å². The largest absolute Gasteiger partial charge is 0.382 e. The van der Waals surface area contributed by atoms with Gasteiger partial charge in [0.15, 0.2) is 5.82 Å². The summed E-state index contributed by atoms with van der Waals surface area (Å²) < 4.78 is 7.76. The fourth-order valence-electron chi connectivity index (χ4n) is 3.16. The summed E-state index contributed by atoms with van der Waals surface area (Å²) in [5.41, 5.74) is 9.96. The Kier molecular flexibility index (Phi) is 6.76. The first kappa shape index (κ1) is 21.2. The molecule has 0 spiro atoms. The van der Waals surface area contributed by atoms with Gasteiger partial charge in [0, 0.05) is 29.3 Å². The van der Waals surface area contributed by atoms with E-state index in [0.717, 1.165) is 51.7 Å². The van der Waals surface area contributed by atoms with Gasteiger partial charge in [0.1, 0.15) is 17.4 Å². The number of anilines is 1. The Balaban J connectivity index is 1.84. The number of aromatic nitrogens is 3. The Hall–Kier alpha value is -1.47. The average Bonchev–Trinajstić information content (AvgIpc) is 3.04. The smallest absolute Gasteiger partial charge is 0.151 e. The van der Waals surface area contributed by atoms with Crippen LogP contribution < -0.4 is 5.73 Å². The first-order valence-corrected chi connectivity index (χ1v) is 10.8. The monoisotopic (exact) mass is 438 g/mol. The summed E-state index contributed by atoms with van der Waals surface area (Å²) in [6.07, 6.45) is 0.809. The van der Waals surface area contributed by atoms with E-state index in [9.17, 15) is 0 Å². The molecule has 3 rings (SSSR count). The molecular weight excluding hydrogens is 415 g/mol. The molecule has 2 heterocycles. The van der Waals surface area contributed by atoms with Gasteiger partial charge in [-0.1, -0.05) is 23.2 Å². The Morgan fingerprint density at radius 1 is 1.25 bits per heavy atom. The van der Waals surface area contributed by atoms with E-state index in [0.29, 0.717) is 15.9 Å². The molecule has 1 atom stereocenters. The lowest BCUT2D eigenvalue weighted by Gasteiger charge is -2.15. The van der Waals surface area contributed by atoms with Crippen molar-refractivity contribution in [2.45, 2.75) is 44.7 Å². The molecule has 0 bridgehead atoms. The number of hydrogen-bond donors (Lipinski definition) is 1. The van der Waals surface area contributed by atoms with Gasteiger partial charge >= 0.3 is 0 Å². The average molecular weight is 439 g/mol. The molecule has 2 aromatic heterocycles. The molecule has 0 aliphatic rings. The van der Waals surface area contributed by atoms with Crippen LogP contribution >= 0.6 is 35.0 Å². The zero-order chi connectivity index (χ0) is 20.4. The highest BCUT2D eigenvalue weighted by atomic mass is 35.5. The van der Waals surface area contributed by atoms with Gasteiger partial charge in [0.2, 0.25) is 0 Å². The standard InChI is InChI=1S/C20H24Cl2N4OS/c1-11-12(2)24-19(23)17-18(11)26(20(25-17)13(3)27-4)8-5-9-28-16-7-6-14(21)10-15(16)22/h6-7,10,13H,5,8-9H2,1-4H3,(H2,23,24). The van der Waals surface area contributed by atoms with E-state index in [1.54, 1.807) is 24.9 Å². The van der Waals surface area contributed by atoms with E-state index < -0.39 is 0 Å². The highest BCUT2D eigenvalue weighted by Crippen LogP contribution is 2.32. The minimum absolute atomic E-state index is 0.134. The number of methoxy groups -OCH3 is 1. The Labute approximate surface area is 179 Å².